The lowest BCUT2D eigenvalue weighted by molar-refractivity contribution is -0.141. The van der Waals surface area contributed by atoms with Gasteiger partial charge >= 0.3 is 5.97 Å². The van der Waals surface area contributed by atoms with Crippen molar-refractivity contribution in [3.05, 3.63) is 65.7 Å². The third-order valence-corrected chi connectivity index (χ3v) is 4.87. The minimum absolute atomic E-state index is 0.0992. The summed E-state index contributed by atoms with van der Waals surface area (Å²) < 4.78 is 0. The molecule has 0 aliphatic heterocycles. The maximum atomic E-state index is 12.2. The second kappa shape index (κ2) is 9.84. The lowest BCUT2D eigenvalue weighted by Crippen LogP contribution is -2.50. The highest BCUT2D eigenvalue weighted by atomic mass is 32.2. The number of nitrogens with two attached hydrogens (primary N) is 1. The van der Waals surface area contributed by atoms with E-state index in [9.17, 15) is 19.8 Å². The third-order valence-electron chi connectivity index (χ3n) is 3.74. The van der Waals surface area contributed by atoms with Crippen LogP contribution in [0.4, 0.5) is 0 Å². The Kier molecular flexibility index (Phi) is 7.50. The number of phenolic OH excluding ortho intramolecular Hbond substituents is 1. The molecule has 0 fully saturated rings. The molecule has 2 atom stereocenters. The van der Waals surface area contributed by atoms with Crippen molar-refractivity contribution < 1.29 is 19.8 Å². The highest BCUT2D eigenvalue weighted by molar-refractivity contribution is 7.98. The van der Waals surface area contributed by atoms with Crippen molar-refractivity contribution in [2.75, 3.05) is 5.75 Å². The molecule has 0 spiro atoms. The maximum Gasteiger partial charge on any atom is 0.326 e. The average Bonchev–Trinajstić information content (AvgIpc) is 2.63. The number of hydrogen-bond acceptors (Lipinski definition) is 5. The number of nitrogens with one attached hydrogen (secondary N) is 1. The van der Waals surface area contributed by atoms with Crippen molar-refractivity contribution in [1.29, 1.82) is 0 Å². The smallest absolute Gasteiger partial charge is 0.326 e. The highest BCUT2D eigenvalue weighted by Crippen LogP contribution is 2.13. The van der Waals surface area contributed by atoms with E-state index in [0.717, 1.165) is 11.3 Å². The molecule has 6 nitrogen and oxygen atoms in total. The number of aliphatic carboxylic acids is 1. The summed E-state index contributed by atoms with van der Waals surface area (Å²) >= 11 is 1.52. The standard InChI is InChI=1S/C19H22N2O4S/c20-16(12-26-11-14-4-2-1-3-5-14)18(23)21-17(19(24)25)10-13-6-8-15(22)9-7-13/h1-9,16-17,22H,10-12,20H2,(H,21,23)(H,24,25)/t16-,17-/m0/s1. The Hall–Kier alpha value is -2.51. The molecule has 0 aromatic heterocycles. The van der Waals surface area contributed by atoms with Crippen LogP contribution < -0.4 is 11.1 Å². The Morgan fingerprint density at radius 3 is 2.31 bits per heavy atom. The molecule has 0 saturated carbocycles. The van der Waals surface area contributed by atoms with Crippen LogP contribution in [-0.4, -0.2) is 39.9 Å². The van der Waals surface area contributed by atoms with E-state index in [-0.39, 0.29) is 12.2 Å². The molecule has 0 heterocycles. The van der Waals surface area contributed by atoms with Gasteiger partial charge in [0.25, 0.3) is 0 Å². The van der Waals surface area contributed by atoms with Crippen LogP contribution in [0.3, 0.4) is 0 Å². The van der Waals surface area contributed by atoms with Crippen molar-refractivity contribution in [1.82, 2.24) is 5.32 Å². The Morgan fingerprint density at radius 2 is 1.69 bits per heavy atom. The third kappa shape index (κ3) is 6.42. The largest absolute Gasteiger partial charge is 0.508 e. The Balaban J connectivity index is 1.83. The van der Waals surface area contributed by atoms with Gasteiger partial charge < -0.3 is 21.3 Å². The molecule has 0 unspecified atom stereocenters. The molecule has 7 heteroatoms. The quantitative estimate of drug-likeness (QED) is 0.532. The topological polar surface area (TPSA) is 113 Å². The molecule has 0 aliphatic carbocycles. The van der Waals surface area contributed by atoms with Gasteiger partial charge in [-0.3, -0.25) is 4.79 Å². The van der Waals surface area contributed by atoms with Gasteiger partial charge in [0.2, 0.25) is 5.91 Å². The van der Waals surface area contributed by atoms with Gasteiger partial charge in [-0.15, -0.1) is 0 Å². The summed E-state index contributed by atoms with van der Waals surface area (Å²) in [5, 5.41) is 21.1. The predicted octanol–water partition coefficient (Wildman–Crippen LogP) is 1.76. The number of amides is 1. The van der Waals surface area contributed by atoms with Crippen LogP contribution in [0.2, 0.25) is 0 Å². The van der Waals surface area contributed by atoms with Crippen molar-refractivity contribution >= 4 is 23.6 Å². The van der Waals surface area contributed by atoms with E-state index in [4.69, 9.17) is 5.73 Å². The van der Waals surface area contributed by atoms with Gasteiger partial charge in [-0.1, -0.05) is 42.5 Å². The van der Waals surface area contributed by atoms with E-state index < -0.39 is 24.0 Å². The van der Waals surface area contributed by atoms with E-state index in [1.807, 2.05) is 30.3 Å². The molecule has 5 N–H and O–H groups in total. The van der Waals surface area contributed by atoms with Crippen LogP contribution in [0.25, 0.3) is 0 Å². The van der Waals surface area contributed by atoms with Crippen LogP contribution in [0, 0.1) is 0 Å². The number of rotatable bonds is 9. The fraction of sp³-hybridized carbons (Fsp3) is 0.263. The van der Waals surface area contributed by atoms with Crippen LogP contribution in [0.15, 0.2) is 54.6 Å². The number of phenols is 1. The average molecular weight is 374 g/mol. The maximum absolute atomic E-state index is 12.2. The predicted molar refractivity (Wildman–Crippen MR) is 102 cm³/mol. The van der Waals surface area contributed by atoms with Crippen molar-refractivity contribution in [3.63, 3.8) is 0 Å². The first-order valence-corrected chi connectivity index (χ1v) is 9.29. The Bertz CT molecular complexity index is 722. The number of hydrogen-bond donors (Lipinski definition) is 4. The number of aromatic hydroxyl groups is 1. The first-order chi connectivity index (χ1) is 12.5. The molecule has 2 rings (SSSR count). The number of carbonyl (C=O) groups excluding carboxylic acids is 1. The summed E-state index contributed by atoms with van der Waals surface area (Å²) in [6, 6.07) is 14.2. The summed E-state index contributed by atoms with van der Waals surface area (Å²) in [4.78, 5) is 23.6. The number of carboxylic acid groups (broad SMARTS) is 1. The lowest BCUT2D eigenvalue weighted by atomic mass is 10.1. The van der Waals surface area contributed by atoms with Gasteiger partial charge in [0, 0.05) is 17.9 Å². The van der Waals surface area contributed by atoms with Crippen LogP contribution in [0.1, 0.15) is 11.1 Å². The van der Waals surface area contributed by atoms with Crippen molar-refractivity contribution in [2.24, 2.45) is 5.73 Å². The Morgan fingerprint density at radius 1 is 1.04 bits per heavy atom. The zero-order valence-electron chi connectivity index (χ0n) is 14.2. The molecule has 0 saturated heterocycles. The van der Waals surface area contributed by atoms with Gasteiger partial charge in [-0.25, -0.2) is 4.79 Å². The second-order valence-electron chi connectivity index (χ2n) is 5.88. The monoisotopic (exact) mass is 374 g/mol. The molecular formula is C19H22N2O4S. The summed E-state index contributed by atoms with van der Waals surface area (Å²) in [7, 11) is 0. The lowest BCUT2D eigenvalue weighted by Gasteiger charge is -2.18. The molecule has 0 bridgehead atoms. The summed E-state index contributed by atoms with van der Waals surface area (Å²) in [6.07, 6.45) is 0.116. The van der Waals surface area contributed by atoms with Crippen molar-refractivity contribution in [3.8, 4) is 5.75 Å². The molecule has 26 heavy (non-hydrogen) atoms. The fourth-order valence-corrected chi connectivity index (χ4v) is 3.25. The SMILES string of the molecule is N[C@@H](CSCc1ccccc1)C(=O)N[C@@H](Cc1ccc(O)cc1)C(=O)O. The fourth-order valence-electron chi connectivity index (χ4n) is 2.30. The molecule has 0 radical (unpaired) electrons. The summed E-state index contributed by atoms with van der Waals surface area (Å²) in [6.45, 7) is 0. The molecule has 1 amide bonds. The van der Waals surface area contributed by atoms with Crippen LogP contribution >= 0.6 is 11.8 Å². The number of benzene rings is 2. The van der Waals surface area contributed by atoms with E-state index >= 15 is 0 Å². The Labute approximate surface area is 156 Å². The van der Waals surface area contributed by atoms with E-state index in [2.05, 4.69) is 5.32 Å². The number of thioether (sulfide) groups is 1. The summed E-state index contributed by atoms with van der Waals surface area (Å²) in [5.74, 6) is -0.390. The van der Waals surface area contributed by atoms with Gasteiger partial charge in [-0.2, -0.15) is 11.8 Å². The second-order valence-corrected chi connectivity index (χ2v) is 6.91. The molecule has 138 valence electrons. The minimum atomic E-state index is -1.13. The highest BCUT2D eigenvalue weighted by Gasteiger charge is 2.23. The zero-order chi connectivity index (χ0) is 18.9. The van der Waals surface area contributed by atoms with Crippen molar-refractivity contribution in [2.45, 2.75) is 24.3 Å². The molecular weight excluding hydrogens is 352 g/mol. The number of carbonyl (C=O) groups is 2. The summed E-state index contributed by atoms with van der Waals surface area (Å²) in [5.41, 5.74) is 7.72. The zero-order valence-corrected chi connectivity index (χ0v) is 15.0. The normalized spacial score (nSPS) is 13.0. The molecule has 0 aliphatic rings. The first kappa shape index (κ1) is 19.8. The van der Waals surface area contributed by atoms with Crippen LogP contribution in [-0.2, 0) is 21.8 Å². The number of carboxylic acids is 1. The van der Waals surface area contributed by atoms with E-state index in [0.29, 0.717) is 11.3 Å². The molecule has 2 aromatic rings. The minimum Gasteiger partial charge on any atom is -0.508 e. The van der Waals surface area contributed by atoms with E-state index in [1.54, 1.807) is 12.1 Å². The first-order valence-electron chi connectivity index (χ1n) is 8.14. The van der Waals surface area contributed by atoms with Gasteiger partial charge in [0.15, 0.2) is 0 Å². The van der Waals surface area contributed by atoms with Crippen LogP contribution in [0.5, 0.6) is 5.75 Å². The van der Waals surface area contributed by atoms with Gasteiger partial charge in [0.1, 0.15) is 11.8 Å². The van der Waals surface area contributed by atoms with Gasteiger partial charge in [0.05, 0.1) is 6.04 Å². The van der Waals surface area contributed by atoms with Gasteiger partial charge in [-0.05, 0) is 23.3 Å². The van der Waals surface area contributed by atoms with E-state index in [1.165, 1.54) is 23.9 Å². The molecule has 2 aromatic carbocycles.